The monoisotopic (exact) mass is 316 g/mol. The van der Waals surface area contributed by atoms with Crippen LogP contribution >= 0.6 is 0 Å². The van der Waals surface area contributed by atoms with Crippen molar-refractivity contribution >= 4 is 0 Å². The second-order valence-electron chi connectivity index (χ2n) is 4.99. The van der Waals surface area contributed by atoms with E-state index < -0.39 is 17.6 Å². The quantitative estimate of drug-likeness (QED) is 0.834. The molecule has 0 atom stereocenters. The van der Waals surface area contributed by atoms with Crippen LogP contribution in [0, 0.1) is 5.82 Å². The Labute approximate surface area is 124 Å². The van der Waals surface area contributed by atoms with Crippen LogP contribution in [-0.4, -0.2) is 35.2 Å². The van der Waals surface area contributed by atoms with Gasteiger partial charge in [0.2, 0.25) is 0 Å². The number of nitrogens with zero attached hydrogens (tertiary/aromatic N) is 2. The number of halogens is 4. The molecule has 22 heavy (non-hydrogen) atoms. The Kier molecular flexibility index (Phi) is 4.82. The van der Waals surface area contributed by atoms with E-state index in [1.54, 1.807) is 6.20 Å². The van der Waals surface area contributed by atoms with Crippen molar-refractivity contribution in [2.24, 2.45) is 5.73 Å². The number of nitrogens with one attached hydrogen (secondary N) is 1. The fraction of sp³-hybridized carbons (Fsp3) is 0.357. The minimum atomic E-state index is -4.74. The predicted molar refractivity (Wildman–Crippen MR) is 74.4 cm³/mol. The molecule has 0 aliphatic heterocycles. The number of H-pyrrole nitrogens is 1. The molecule has 2 rings (SSSR count). The summed E-state index contributed by atoms with van der Waals surface area (Å²) >= 11 is 0. The molecular formula is C14H16F4N4. The van der Waals surface area contributed by atoms with Gasteiger partial charge in [-0.2, -0.15) is 18.3 Å². The minimum Gasteiger partial charge on any atom is -0.329 e. The normalized spacial score (nSPS) is 12.1. The van der Waals surface area contributed by atoms with Gasteiger partial charge >= 0.3 is 6.18 Å². The van der Waals surface area contributed by atoms with Crippen molar-refractivity contribution in [2.45, 2.75) is 12.7 Å². The molecule has 0 radical (unpaired) electrons. The van der Waals surface area contributed by atoms with Crippen molar-refractivity contribution in [1.82, 2.24) is 15.1 Å². The summed E-state index contributed by atoms with van der Waals surface area (Å²) in [5.41, 5.74) is 5.57. The van der Waals surface area contributed by atoms with Crippen LogP contribution in [0.15, 0.2) is 24.4 Å². The van der Waals surface area contributed by atoms with Gasteiger partial charge in [0.25, 0.3) is 0 Å². The van der Waals surface area contributed by atoms with Crippen LogP contribution in [0.2, 0.25) is 0 Å². The van der Waals surface area contributed by atoms with E-state index in [1.165, 1.54) is 6.07 Å². The van der Waals surface area contributed by atoms with Crippen LogP contribution < -0.4 is 5.73 Å². The SMILES string of the molecule is CN(CCN)Cc1cn[nH]c1-c1ccc(F)c(C(F)(F)F)c1. The smallest absolute Gasteiger partial charge is 0.329 e. The summed E-state index contributed by atoms with van der Waals surface area (Å²) < 4.78 is 51.7. The fourth-order valence-corrected chi connectivity index (χ4v) is 2.17. The van der Waals surface area contributed by atoms with Gasteiger partial charge in [0.1, 0.15) is 5.82 Å². The van der Waals surface area contributed by atoms with Crippen molar-refractivity contribution in [3.63, 3.8) is 0 Å². The maximum absolute atomic E-state index is 13.4. The molecule has 1 aromatic heterocycles. The zero-order valence-corrected chi connectivity index (χ0v) is 11.9. The second kappa shape index (κ2) is 6.45. The van der Waals surface area contributed by atoms with E-state index >= 15 is 0 Å². The number of alkyl halides is 3. The van der Waals surface area contributed by atoms with Crippen molar-refractivity contribution < 1.29 is 17.6 Å². The van der Waals surface area contributed by atoms with E-state index in [4.69, 9.17) is 5.73 Å². The summed E-state index contributed by atoms with van der Waals surface area (Å²) in [5, 5.41) is 6.54. The average molecular weight is 316 g/mol. The number of likely N-dealkylation sites (N-methyl/N-ethyl adjacent to an activating group) is 1. The van der Waals surface area contributed by atoms with Gasteiger partial charge in [-0.15, -0.1) is 0 Å². The lowest BCUT2D eigenvalue weighted by Crippen LogP contribution is -2.25. The molecular weight excluding hydrogens is 300 g/mol. The molecule has 0 aliphatic rings. The van der Waals surface area contributed by atoms with Gasteiger partial charge in [0.05, 0.1) is 17.5 Å². The number of aromatic amines is 1. The number of aromatic nitrogens is 2. The maximum atomic E-state index is 13.4. The molecule has 3 N–H and O–H groups in total. The predicted octanol–water partition coefficient (Wildman–Crippen LogP) is 2.63. The van der Waals surface area contributed by atoms with Gasteiger partial charge < -0.3 is 10.6 Å². The molecule has 120 valence electrons. The van der Waals surface area contributed by atoms with E-state index in [2.05, 4.69) is 10.2 Å². The molecule has 0 bridgehead atoms. The lowest BCUT2D eigenvalue weighted by Gasteiger charge is -2.15. The van der Waals surface area contributed by atoms with Crippen molar-refractivity contribution in [1.29, 1.82) is 0 Å². The van der Waals surface area contributed by atoms with Crippen LogP contribution in [0.25, 0.3) is 11.3 Å². The average Bonchev–Trinajstić information content (AvgIpc) is 2.86. The third-order valence-electron chi connectivity index (χ3n) is 3.23. The Hall–Kier alpha value is -1.93. The lowest BCUT2D eigenvalue weighted by atomic mass is 10.0. The Morgan fingerprint density at radius 2 is 2.05 bits per heavy atom. The van der Waals surface area contributed by atoms with Crippen LogP contribution in [0.5, 0.6) is 0 Å². The number of benzene rings is 1. The number of rotatable bonds is 5. The Morgan fingerprint density at radius 1 is 1.32 bits per heavy atom. The van der Waals surface area contributed by atoms with E-state index in [0.717, 1.165) is 17.7 Å². The molecule has 0 saturated carbocycles. The first-order chi connectivity index (χ1) is 10.3. The Bertz CT molecular complexity index is 636. The van der Waals surface area contributed by atoms with Crippen molar-refractivity contribution in [2.75, 3.05) is 20.1 Å². The van der Waals surface area contributed by atoms with E-state index in [0.29, 0.717) is 25.3 Å². The highest BCUT2D eigenvalue weighted by molar-refractivity contribution is 5.63. The molecule has 0 unspecified atom stereocenters. The molecule has 1 heterocycles. The highest BCUT2D eigenvalue weighted by atomic mass is 19.4. The highest BCUT2D eigenvalue weighted by Gasteiger charge is 2.34. The molecule has 2 aromatic rings. The van der Waals surface area contributed by atoms with Crippen LogP contribution in [0.4, 0.5) is 17.6 Å². The topological polar surface area (TPSA) is 57.9 Å². The largest absolute Gasteiger partial charge is 0.419 e. The molecule has 0 amide bonds. The minimum absolute atomic E-state index is 0.238. The summed E-state index contributed by atoms with van der Waals surface area (Å²) in [7, 11) is 1.84. The first-order valence-corrected chi connectivity index (χ1v) is 6.61. The molecule has 1 aromatic carbocycles. The van der Waals surface area contributed by atoms with Crippen LogP contribution in [0.1, 0.15) is 11.1 Å². The first kappa shape index (κ1) is 16.4. The third-order valence-corrected chi connectivity index (χ3v) is 3.23. The molecule has 0 spiro atoms. The standard InChI is InChI=1S/C14H16F4N4/c1-22(5-4-19)8-10-7-20-21-13(10)9-2-3-12(15)11(6-9)14(16,17)18/h2-3,6-7H,4-5,8,19H2,1H3,(H,20,21). The molecule has 0 aliphatic carbocycles. The molecule has 0 fully saturated rings. The molecule has 8 heteroatoms. The summed E-state index contributed by atoms with van der Waals surface area (Å²) in [6.45, 7) is 1.59. The van der Waals surface area contributed by atoms with Gasteiger partial charge in [-0.25, -0.2) is 4.39 Å². The molecule has 0 saturated heterocycles. The highest BCUT2D eigenvalue weighted by Crippen LogP contribution is 2.34. The second-order valence-corrected chi connectivity index (χ2v) is 4.99. The van der Waals surface area contributed by atoms with Gasteiger partial charge in [-0.05, 0) is 25.2 Å². The first-order valence-electron chi connectivity index (χ1n) is 6.61. The number of hydrogen-bond donors (Lipinski definition) is 2. The number of hydrogen-bond acceptors (Lipinski definition) is 3. The summed E-state index contributed by atoms with van der Waals surface area (Å²) in [6, 6.07) is 2.90. The van der Waals surface area contributed by atoms with E-state index in [9.17, 15) is 17.6 Å². The third kappa shape index (κ3) is 3.63. The van der Waals surface area contributed by atoms with Gasteiger partial charge in [-0.3, -0.25) is 5.10 Å². The Balaban J connectivity index is 2.35. The van der Waals surface area contributed by atoms with Gasteiger partial charge in [0, 0.05) is 30.8 Å². The van der Waals surface area contributed by atoms with Gasteiger partial charge in [0.15, 0.2) is 0 Å². The summed E-state index contributed by atoms with van der Waals surface area (Å²) in [6.07, 6.45) is -3.20. The number of nitrogens with two attached hydrogens (primary N) is 1. The lowest BCUT2D eigenvalue weighted by molar-refractivity contribution is -0.139. The maximum Gasteiger partial charge on any atom is 0.419 e. The summed E-state index contributed by atoms with van der Waals surface area (Å²) in [5.74, 6) is -1.29. The van der Waals surface area contributed by atoms with E-state index in [-0.39, 0.29) is 5.56 Å². The fourth-order valence-electron chi connectivity index (χ4n) is 2.17. The molecule has 4 nitrogen and oxygen atoms in total. The van der Waals surface area contributed by atoms with Crippen molar-refractivity contribution in [3.05, 3.63) is 41.3 Å². The van der Waals surface area contributed by atoms with E-state index in [1.807, 2.05) is 11.9 Å². The van der Waals surface area contributed by atoms with Gasteiger partial charge in [-0.1, -0.05) is 0 Å². The van der Waals surface area contributed by atoms with Crippen molar-refractivity contribution in [3.8, 4) is 11.3 Å². The van der Waals surface area contributed by atoms with Crippen LogP contribution in [-0.2, 0) is 12.7 Å². The zero-order chi connectivity index (χ0) is 16.3. The zero-order valence-electron chi connectivity index (χ0n) is 11.9. The Morgan fingerprint density at radius 3 is 2.68 bits per heavy atom. The summed E-state index contributed by atoms with van der Waals surface area (Å²) in [4.78, 5) is 1.92. The van der Waals surface area contributed by atoms with Crippen LogP contribution in [0.3, 0.4) is 0 Å².